The van der Waals surface area contributed by atoms with Crippen molar-refractivity contribution in [2.75, 3.05) is 6.79 Å². The molecule has 22 heavy (non-hydrogen) atoms. The van der Waals surface area contributed by atoms with Crippen LogP contribution in [-0.4, -0.2) is 23.9 Å². The number of nitrogens with one attached hydrogen (secondary N) is 1. The minimum absolute atomic E-state index is 0.136. The topological polar surface area (TPSA) is 72.8 Å². The molecule has 1 aliphatic heterocycles. The van der Waals surface area contributed by atoms with Gasteiger partial charge in [-0.25, -0.2) is 10.4 Å². The number of nitrogens with zero attached hydrogens (tertiary/aromatic N) is 2. The van der Waals surface area contributed by atoms with Crippen LogP contribution in [0.1, 0.15) is 15.9 Å². The zero-order valence-electron chi connectivity index (χ0n) is 11.0. The molecule has 112 valence electrons. The molecule has 0 saturated heterocycles. The van der Waals surface area contributed by atoms with Gasteiger partial charge in [-0.15, -0.1) is 0 Å². The molecule has 1 aromatic heterocycles. The Morgan fingerprint density at radius 3 is 2.68 bits per heavy atom. The van der Waals surface area contributed by atoms with Crippen LogP contribution in [0.3, 0.4) is 0 Å². The van der Waals surface area contributed by atoms with Crippen molar-refractivity contribution in [3.8, 4) is 11.5 Å². The minimum Gasteiger partial charge on any atom is -0.454 e. The van der Waals surface area contributed by atoms with Gasteiger partial charge in [-0.2, -0.15) is 5.10 Å². The summed E-state index contributed by atoms with van der Waals surface area (Å²) in [7, 11) is 0. The second-order valence-electron chi connectivity index (χ2n) is 4.31. The van der Waals surface area contributed by atoms with Crippen LogP contribution in [-0.2, 0) is 0 Å². The molecule has 0 unspecified atom stereocenters. The number of aromatic nitrogens is 1. The van der Waals surface area contributed by atoms with Crippen LogP contribution in [0.2, 0.25) is 10.3 Å². The van der Waals surface area contributed by atoms with Gasteiger partial charge in [-0.3, -0.25) is 4.79 Å². The van der Waals surface area contributed by atoms with Crippen molar-refractivity contribution >= 4 is 35.3 Å². The standard InChI is InChI=1S/C14H9Cl2N3O3/c15-12-4-9(5-13(16)18-12)14(20)19-17-6-8-1-2-10-11(3-8)22-7-21-10/h1-6H,7H2,(H,19,20)/b17-6+. The highest BCUT2D eigenvalue weighted by Gasteiger charge is 2.12. The number of hydrogen-bond acceptors (Lipinski definition) is 5. The second kappa shape index (κ2) is 6.21. The largest absolute Gasteiger partial charge is 0.454 e. The van der Waals surface area contributed by atoms with Gasteiger partial charge in [-0.05, 0) is 35.9 Å². The van der Waals surface area contributed by atoms with Crippen molar-refractivity contribution in [1.82, 2.24) is 10.4 Å². The molecule has 0 atom stereocenters. The smallest absolute Gasteiger partial charge is 0.271 e. The molecule has 1 aromatic carbocycles. The lowest BCUT2D eigenvalue weighted by Gasteiger charge is -2.01. The number of pyridine rings is 1. The van der Waals surface area contributed by atoms with E-state index in [0.29, 0.717) is 11.5 Å². The Morgan fingerprint density at radius 2 is 1.91 bits per heavy atom. The van der Waals surface area contributed by atoms with Gasteiger partial charge in [0.1, 0.15) is 10.3 Å². The third-order valence-electron chi connectivity index (χ3n) is 2.80. The summed E-state index contributed by atoms with van der Waals surface area (Å²) in [6.45, 7) is 0.205. The van der Waals surface area contributed by atoms with Crippen LogP contribution >= 0.6 is 23.2 Å². The Labute approximate surface area is 135 Å². The van der Waals surface area contributed by atoms with Gasteiger partial charge >= 0.3 is 0 Å². The molecule has 0 bridgehead atoms. The van der Waals surface area contributed by atoms with Crippen molar-refractivity contribution in [2.45, 2.75) is 0 Å². The first-order valence-electron chi connectivity index (χ1n) is 6.18. The summed E-state index contributed by atoms with van der Waals surface area (Å²) in [5.41, 5.74) is 3.41. The van der Waals surface area contributed by atoms with E-state index in [9.17, 15) is 4.79 Å². The summed E-state index contributed by atoms with van der Waals surface area (Å²) in [5, 5.41) is 4.15. The normalized spacial score (nSPS) is 12.6. The van der Waals surface area contributed by atoms with E-state index in [1.165, 1.54) is 18.3 Å². The van der Waals surface area contributed by atoms with Gasteiger partial charge in [0.25, 0.3) is 5.91 Å². The molecular weight excluding hydrogens is 329 g/mol. The Kier molecular flexibility index (Phi) is 4.13. The number of halogens is 2. The number of carbonyl (C=O) groups excluding carboxylic acids is 1. The summed E-state index contributed by atoms with van der Waals surface area (Å²) >= 11 is 11.5. The minimum atomic E-state index is -0.441. The maximum Gasteiger partial charge on any atom is 0.271 e. The lowest BCUT2D eigenvalue weighted by atomic mass is 10.2. The van der Waals surface area contributed by atoms with E-state index in [0.717, 1.165) is 5.56 Å². The molecule has 1 N–H and O–H groups in total. The van der Waals surface area contributed by atoms with Crippen LogP contribution in [0.5, 0.6) is 11.5 Å². The Hall–Kier alpha value is -2.31. The van der Waals surface area contributed by atoms with Crippen LogP contribution in [0, 0.1) is 0 Å². The molecular formula is C14H9Cl2N3O3. The van der Waals surface area contributed by atoms with Crippen LogP contribution in [0.25, 0.3) is 0 Å². The fourth-order valence-electron chi connectivity index (χ4n) is 1.82. The predicted molar refractivity (Wildman–Crippen MR) is 81.9 cm³/mol. The summed E-state index contributed by atoms with van der Waals surface area (Å²) in [6, 6.07) is 8.13. The Bertz CT molecular complexity index is 745. The number of hydrazone groups is 1. The third-order valence-corrected chi connectivity index (χ3v) is 3.19. The number of fused-ring (bicyclic) bond motifs is 1. The summed E-state index contributed by atoms with van der Waals surface area (Å²) in [6.07, 6.45) is 1.49. The lowest BCUT2D eigenvalue weighted by Crippen LogP contribution is -2.17. The maximum atomic E-state index is 11.9. The first-order valence-corrected chi connectivity index (χ1v) is 6.93. The maximum absolute atomic E-state index is 11.9. The molecule has 1 aliphatic rings. The van der Waals surface area contributed by atoms with Crippen molar-refractivity contribution in [3.63, 3.8) is 0 Å². The van der Waals surface area contributed by atoms with Gasteiger partial charge in [0.2, 0.25) is 6.79 Å². The van der Waals surface area contributed by atoms with Gasteiger partial charge in [0, 0.05) is 5.56 Å². The fourth-order valence-corrected chi connectivity index (χ4v) is 2.28. The van der Waals surface area contributed by atoms with Crippen LogP contribution < -0.4 is 14.9 Å². The number of benzene rings is 1. The molecule has 6 nitrogen and oxygen atoms in total. The first-order chi connectivity index (χ1) is 10.6. The van der Waals surface area contributed by atoms with E-state index < -0.39 is 5.91 Å². The molecule has 0 saturated carbocycles. The van der Waals surface area contributed by atoms with Crippen molar-refractivity contribution in [3.05, 3.63) is 51.8 Å². The van der Waals surface area contributed by atoms with E-state index in [1.807, 2.05) is 0 Å². The molecule has 8 heteroatoms. The van der Waals surface area contributed by atoms with E-state index in [-0.39, 0.29) is 22.7 Å². The van der Waals surface area contributed by atoms with Gasteiger partial charge < -0.3 is 9.47 Å². The van der Waals surface area contributed by atoms with Gasteiger partial charge in [0.15, 0.2) is 11.5 Å². The van der Waals surface area contributed by atoms with E-state index in [4.69, 9.17) is 32.7 Å². The first kappa shape index (κ1) is 14.6. The van der Waals surface area contributed by atoms with Gasteiger partial charge in [-0.1, -0.05) is 23.2 Å². The number of ether oxygens (including phenoxy) is 2. The summed E-state index contributed by atoms with van der Waals surface area (Å²) in [5.74, 6) is 0.883. The molecule has 0 fully saturated rings. The predicted octanol–water partition coefficient (Wildman–Crippen LogP) is 2.88. The average molecular weight is 338 g/mol. The zero-order chi connectivity index (χ0) is 15.5. The SMILES string of the molecule is O=C(N/N=C/c1ccc2c(c1)OCO2)c1cc(Cl)nc(Cl)c1. The average Bonchev–Trinajstić information content (AvgIpc) is 2.93. The van der Waals surface area contributed by atoms with Crippen molar-refractivity contribution < 1.29 is 14.3 Å². The number of carbonyl (C=O) groups is 1. The molecule has 0 spiro atoms. The molecule has 3 rings (SSSR count). The van der Waals surface area contributed by atoms with E-state index in [2.05, 4.69) is 15.5 Å². The van der Waals surface area contributed by atoms with Crippen molar-refractivity contribution in [1.29, 1.82) is 0 Å². The van der Waals surface area contributed by atoms with Crippen LogP contribution in [0.4, 0.5) is 0 Å². The summed E-state index contributed by atoms with van der Waals surface area (Å²) < 4.78 is 10.5. The monoisotopic (exact) mass is 337 g/mol. The summed E-state index contributed by atoms with van der Waals surface area (Å²) in [4.78, 5) is 15.7. The quantitative estimate of drug-likeness (QED) is 0.531. The van der Waals surface area contributed by atoms with Crippen molar-refractivity contribution in [2.24, 2.45) is 5.10 Å². The fraction of sp³-hybridized carbons (Fsp3) is 0.0714. The zero-order valence-corrected chi connectivity index (χ0v) is 12.6. The van der Waals surface area contributed by atoms with E-state index >= 15 is 0 Å². The highest BCUT2D eigenvalue weighted by atomic mass is 35.5. The van der Waals surface area contributed by atoms with Gasteiger partial charge in [0.05, 0.1) is 6.21 Å². The molecule has 2 aromatic rings. The number of rotatable bonds is 3. The number of amides is 1. The highest BCUT2D eigenvalue weighted by molar-refractivity contribution is 6.33. The van der Waals surface area contributed by atoms with Crippen LogP contribution in [0.15, 0.2) is 35.4 Å². The molecule has 2 heterocycles. The Balaban J connectivity index is 1.67. The molecule has 0 radical (unpaired) electrons. The Morgan fingerprint density at radius 1 is 1.18 bits per heavy atom. The van der Waals surface area contributed by atoms with E-state index in [1.54, 1.807) is 18.2 Å². The number of hydrogen-bond donors (Lipinski definition) is 1. The molecule has 0 aliphatic carbocycles. The second-order valence-corrected chi connectivity index (χ2v) is 5.09. The highest BCUT2D eigenvalue weighted by Crippen LogP contribution is 2.31. The third kappa shape index (κ3) is 3.29. The lowest BCUT2D eigenvalue weighted by molar-refractivity contribution is 0.0955. The molecule has 1 amide bonds.